The van der Waals surface area contributed by atoms with Gasteiger partial charge in [0.2, 0.25) is 0 Å². The number of likely N-dealkylation sites (tertiary alicyclic amines) is 1. The van der Waals surface area contributed by atoms with E-state index < -0.39 is 0 Å². The van der Waals surface area contributed by atoms with E-state index in [-0.39, 0.29) is 0 Å². The van der Waals surface area contributed by atoms with Gasteiger partial charge in [-0.25, -0.2) is 0 Å². The Bertz CT molecular complexity index is 592. The van der Waals surface area contributed by atoms with Crippen LogP contribution in [0.25, 0.3) is 0 Å². The second kappa shape index (κ2) is 5.94. The highest BCUT2D eigenvalue weighted by Crippen LogP contribution is 2.35. The summed E-state index contributed by atoms with van der Waals surface area (Å²) in [4.78, 5) is 3.74. The molecule has 1 aliphatic heterocycles. The lowest BCUT2D eigenvalue weighted by molar-refractivity contribution is 0.412. The van der Waals surface area contributed by atoms with E-state index in [4.69, 9.17) is 12.2 Å². The molecule has 2 heterocycles. The van der Waals surface area contributed by atoms with Gasteiger partial charge in [-0.3, -0.25) is 0 Å². The number of nitrogens with zero attached hydrogens (tertiary/aromatic N) is 1. The first-order valence-electron chi connectivity index (χ1n) is 6.92. The van der Waals surface area contributed by atoms with Crippen LogP contribution < -0.4 is 5.32 Å². The lowest BCUT2D eigenvalue weighted by Crippen LogP contribution is -2.34. The van der Waals surface area contributed by atoms with Crippen LogP contribution in [0.5, 0.6) is 0 Å². The zero-order valence-corrected chi connectivity index (χ0v) is 13.1. The minimum Gasteiger partial charge on any atom is -0.341 e. The van der Waals surface area contributed by atoms with Crippen LogP contribution in [0.2, 0.25) is 0 Å². The van der Waals surface area contributed by atoms with Crippen LogP contribution in [-0.2, 0) is 0 Å². The number of hydrogen-bond acceptors (Lipinski definition) is 2. The highest BCUT2D eigenvalue weighted by Gasteiger charge is 2.28. The molecule has 0 unspecified atom stereocenters. The van der Waals surface area contributed by atoms with Crippen molar-refractivity contribution >= 4 is 34.4 Å². The fourth-order valence-electron chi connectivity index (χ4n) is 2.69. The van der Waals surface area contributed by atoms with Gasteiger partial charge in [-0.05, 0) is 55.1 Å². The zero-order chi connectivity index (χ0) is 13.9. The smallest absolute Gasteiger partial charge is 0.173 e. The molecule has 104 valence electrons. The molecule has 0 spiro atoms. The molecule has 0 radical (unpaired) electrons. The minimum absolute atomic E-state index is 0.444. The molecule has 1 aromatic carbocycles. The average molecular weight is 302 g/mol. The van der Waals surface area contributed by atoms with E-state index in [0.717, 1.165) is 17.3 Å². The lowest BCUT2D eigenvalue weighted by atomic mass is 10.2. The van der Waals surface area contributed by atoms with Crippen molar-refractivity contribution in [2.75, 3.05) is 11.9 Å². The number of hydrogen-bond donors (Lipinski definition) is 1. The molecule has 4 heteroatoms. The largest absolute Gasteiger partial charge is 0.341 e. The molecule has 1 N–H and O–H groups in total. The molecule has 1 saturated heterocycles. The van der Waals surface area contributed by atoms with Crippen molar-refractivity contribution in [3.63, 3.8) is 0 Å². The maximum atomic E-state index is 5.63. The molecule has 0 amide bonds. The SMILES string of the molecule is Cc1ccccc1NC(=S)N1CCC[C@@H]1c1cccs1. The van der Waals surface area contributed by atoms with Crippen LogP contribution in [-0.4, -0.2) is 16.6 Å². The zero-order valence-electron chi connectivity index (χ0n) is 11.5. The van der Waals surface area contributed by atoms with Crippen molar-refractivity contribution in [3.8, 4) is 0 Å². The van der Waals surface area contributed by atoms with Crippen LogP contribution in [0.4, 0.5) is 5.69 Å². The Morgan fingerprint density at radius 2 is 2.15 bits per heavy atom. The van der Waals surface area contributed by atoms with Gasteiger partial charge in [0, 0.05) is 17.1 Å². The predicted molar refractivity (Wildman–Crippen MR) is 90.4 cm³/mol. The van der Waals surface area contributed by atoms with Gasteiger partial charge >= 0.3 is 0 Å². The van der Waals surface area contributed by atoms with Crippen LogP contribution in [0, 0.1) is 6.92 Å². The van der Waals surface area contributed by atoms with Crippen molar-refractivity contribution in [2.45, 2.75) is 25.8 Å². The molecule has 0 saturated carbocycles. The van der Waals surface area contributed by atoms with Gasteiger partial charge in [0.25, 0.3) is 0 Å². The fourth-order valence-corrected chi connectivity index (χ4v) is 3.89. The maximum absolute atomic E-state index is 5.63. The first-order valence-corrected chi connectivity index (χ1v) is 8.21. The topological polar surface area (TPSA) is 15.3 Å². The Hall–Kier alpha value is -1.39. The summed E-state index contributed by atoms with van der Waals surface area (Å²) < 4.78 is 0. The Balaban J connectivity index is 1.75. The fraction of sp³-hybridized carbons (Fsp3) is 0.312. The first kappa shape index (κ1) is 13.6. The Kier molecular flexibility index (Phi) is 4.03. The predicted octanol–water partition coefficient (Wildman–Crippen LogP) is 4.59. The number of aryl methyl sites for hydroxylation is 1. The van der Waals surface area contributed by atoms with Gasteiger partial charge in [-0.1, -0.05) is 24.3 Å². The molecule has 3 rings (SSSR count). The van der Waals surface area contributed by atoms with Crippen LogP contribution >= 0.6 is 23.6 Å². The van der Waals surface area contributed by atoms with Crippen molar-refractivity contribution in [2.24, 2.45) is 0 Å². The second-order valence-corrected chi connectivity index (χ2v) is 6.48. The minimum atomic E-state index is 0.444. The Labute approximate surface area is 129 Å². The summed E-state index contributed by atoms with van der Waals surface area (Å²) in [5.74, 6) is 0. The maximum Gasteiger partial charge on any atom is 0.173 e. The molecular weight excluding hydrogens is 284 g/mol. The van der Waals surface area contributed by atoms with Gasteiger partial charge in [-0.2, -0.15) is 0 Å². The number of para-hydroxylation sites is 1. The second-order valence-electron chi connectivity index (χ2n) is 5.11. The van der Waals surface area contributed by atoms with E-state index in [1.807, 2.05) is 23.5 Å². The number of anilines is 1. The molecule has 2 nitrogen and oxygen atoms in total. The average Bonchev–Trinajstić information content (AvgIpc) is 3.11. The summed E-state index contributed by atoms with van der Waals surface area (Å²) in [5, 5.41) is 6.39. The highest BCUT2D eigenvalue weighted by molar-refractivity contribution is 7.80. The summed E-state index contributed by atoms with van der Waals surface area (Å²) in [6.45, 7) is 3.14. The molecule has 1 aliphatic rings. The molecule has 2 aromatic rings. The van der Waals surface area contributed by atoms with E-state index in [2.05, 4.69) is 46.8 Å². The van der Waals surface area contributed by atoms with Gasteiger partial charge < -0.3 is 10.2 Å². The van der Waals surface area contributed by atoms with E-state index in [1.165, 1.54) is 23.3 Å². The number of nitrogens with one attached hydrogen (secondary N) is 1. The quantitative estimate of drug-likeness (QED) is 0.817. The Morgan fingerprint density at radius 3 is 2.90 bits per heavy atom. The molecule has 20 heavy (non-hydrogen) atoms. The van der Waals surface area contributed by atoms with E-state index >= 15 is 0 Å². The molecule has 0 aliphatic carbocycles. The van der Waals surface area contributed by atoms with Crippen molar-refractivity contribution in [3.05, 3.63) is 52.2 Å². The third kappa shape index (κ3) is 2.72. The summed E-state index contributed by atoms with van der Waals surface area (Å²) in [7, 11) is 0. The van der Waals surface area contributed by atoms with Crippen molar-refractivity contribution < 1.29 is 0 Å². The highest BCUT2D eigenvalue weighted by atomic mass is 32.1. The summed E-state index contributed by atoms with van der Waals surface area (Å²) in [6, 6.07) is 13.0. The number of thiocarbonyl (C=S) groups is 1. The molecule has 1 atom stereocenters. The van der Waals surface area contributed by atoms with Crippen LogP contribution in [0.1, 0.15) is 29.3 Å². The number of rotatable bonds is 2. The van der Waals surface area contributed by atoms with Crippen molar-refractivity contribution in [1.29, 1.82) is 0 Å². The van der Waals surface area contributed by atoms with E-state index in [9.17, 15) is 0 Å². The van der Waals surface area contributed by atoms with Gasteiger partial charge in [0.05, 0.1) is 6.04 Å². The molecule has 1 aromatic heterocycles. The molecule has 0 bridgehead atoms. The molecular formula is C16H18N2S2. The summed E-state index contributed by atoms with van der Waals surface area (Å²) in [5.41, 5.74) is 2.33. The van der Waals surface area contributed by atoms with E-state index in [0.29, 0.717) is 6.04 Å². The monoisotopic (exact) mass is 302 g/mol. The van der Waals surface area contributed by atoms with Crippen LogP contribution in [0.15, 0.2) is 41.8 Å². The number of benzene rings is 1. The first-order chi connectivity index (χ1) is 9.75. The number of thiophene rings is 1. The van der Waals surface area contributed by atoms with Crippen LogP contribution in [0.3, 0.4) is 0 Å². The normalized spacial score (nSPS) is 18.2. The standard InChI is InChI=1S/C16H18N2S2/c1-12-6-2-3-7-13(12)17-16(19)18-10-4-8-14(18)15-9-5-11-20-15/h2-3,5-7,9,11,14H,4,8,10H2,1H3,(H,17,19)/t14-/m1/s1. The van der Waals surface area contributed by atoms with Gasteiger partial charge in [0.15, 0.2) is 5.11 Å². The third-order valence-electron chi connectivity index (χ3n) is 3.77. The summed E-state index contributed by atoms with van der Waals surface area (Å²) in [6.07, 6.45) is 2.40. The Morgan fingerprint density at radius 1 is 1.30 bits per heavy atom. The van der Waals surface area contributed by atoms with Gasteiger partial charge in [-0.15, -0.1) is 11.3 Å². The van der Waals surface area contributed by atoms with E-state index in [1.54, 1.807) is 0 Å². The van der Waals surface area contributed by atoms with Crippen molar-refractivity contribution in [1.82, 2.24) is 4.90 Å². The van der Waals surface area contributed by atoms with Gasteiger partial charge in [0.1, 0.15) is 0 Å². The third-order valence-corrected chi connectivity index (χ3v) is 5.08. The lowest BCUT2D eigenvalue weighted by Gasteiger charge is -2.27. The summed E-state index contributed by atoms with van der Waals surface area (Å²) >= 11 is 7.45. The molecule has 1 fully saturated rings.